The zero-order valence-electron chi connectivity index (χ0n) is 18.8. The molecule has 0 aliphatic carbocycles. The van der Waals surface area contributed by atoms with Gasteiger partial charge in [-0.2, -0.15) is 5.10 Å². The van der Waals surface area contributed by atoms with E-state index in [9.17, 15) is 14.4 Å². The molecule has 0 aliphatic heterocycles. The van der Waals surface area contributed by atoms with Crippen LogP contribution >= 0.6 is 0 Å². The molecule has 12 heteroatoms. The first kappa shape index (κ1) is 21.9. The predicted octanol–water partition coefficient (Wildman–Crippen LogP) is 1.13. The van der Waals surface area contributed by atoms with Crippen molar-refractivity contribution in [3.63, 3.8) is 0 Å². The van der Waals surface area contributed by atoms with Gasteiger partial charge < -0.3 is 15.1 Å². The molecule has 176 valence electrons. The molecule has 2 N–H and O–H groups in total. The molecule has 0 spiro atoms. The number of aromatic nitrogens is 6. The van der Waals surface area contributed by atoms with Gasteiger partial charge in [-0.15, -0.1) is 0 Å². The molecule has 5 rings (SSSR count). The molecule has 5 aromatic rings. The van der Waals surface area contributed by atoms with Crippen LogP contribution in [0, 0.1) is 6.92 Å². The van der Waals surface area contributed by atoms with E-state index in [1.165, 1.54) is 21.3 Å². The third-order valence-electron chi connectivity index (χ3n) is 5.40. The molecule has 0 unspecified atom stereocenters. The van der Waals surface area contributed by atoms with Crippen molar-refractivity contribution < 1.29 is 14.0 Å². The van der Waals surface area contributed by atoms with Gasteiger partial charge in [0.2, 0.25) is 0 Å². The number of nitrogens with zero attached hydrogens (tertiary/aromatic N) is 6. The summed E-state index contributed by atoms with van der Waals surface area (Å²) in [5, 5.41) is 9.72. The topological polar surface area (TPSA) is 149 Å². The van der Waals surface area contributed by atoms with Gasteiger partial charge in [-0.3, -0.25) is 14.2 Å². The number of hydrogen-bond donors (Lipinski definition) is 2. The lowest BCUT2D eigenvalue weighted by atomic mass is 10.2. The summed E-state index contributed by atoms with van der Waals surface area (Å²) in [5.74, 6) is -0.753. The SMILES string of the molecule is Cc1nccc(CNC(=O)c2cc(C(=O)NCc3ccc4oc(=O)n(C)c4c3)nc3ccnn23)n1. The highest BCUT2D eigenvalue weighted by atomic mass is 16.4. The van der Waals surface area contributed by atoms with Gasteiger partial charge in [-0.25, -0.2) is 24.3 Å². The number of fused-ring (bicyclic) bond motifs is 2. The van der Waals surface area contributed by atoms with Gasteiger partial charge in [0.15, 0.2) is 11.2 Å². The Balaban J connectivity index is 1.34. The normalized spacial score (nSPS) is 11.1. The lowest BCUT2D eigenvalue weighted by Gasteiger charge is -2.10. The minimum Gasteiger partial charge on any atom is -0.408 e. The highest BCUT2D eigenvalue weighted by Crippen LogP contribution is 2.14. The van der Waals surface area contributed by atoms with Crippen LogP contribution < -0.4 is 16.4 Å². The Morgan fingerprint density at radius 2 is 1.83 bits per heavy atom. The zero-order valence-corrected chi connectivity index (χ0v) is 18.8. The predicted molar refractivity (Wildman–Crippen MR) is 124 cm³/mol. The fourth-order valence-corrected chi connectivity index (χ4v) is 3.61. The van der Waals surface area contributed by atoms with Crippen molar-refractivity contribution in [3.05, 3.63) is 87.8 Å². The van der Waals surface area contributed by atoms with Crippen LogP contribution in [0.4, 0.5) is 0 Å². The number of oxazole rings is 1. The highest BCUT2D eigenvalue weighted by Gasteiger charge is 2.18. The maximum atomic E-state index is 12.9. The van der Waals surface area contributed by atoms with E-state index in [-0.39, 0.29) is 24.5 Å². The van der Waals surface area contributed by atoms with Crippen LogP contribution in [-0.2, 0) is 20.1 Å². The number of aryl methyl sites for hydroxylation is 2. The van der Waals surface area contributed by atoms with E-state index in [1.807, 2.05) is 0 Å². The van der Waals surface area contributed by atoms with Crippen molar-refractivity contribution >= 4 is 28.6 Å². The quantitative estimate of drug-likeness (QED) is 0.374. The number of rotatable bonds is 6. The molecule has 0 bridgehead atoms. The molecular formula is C23H20N8O4. The Labute approximate surface area is 197 Å². The molecule has 2 amide bonds. The Morgan fingerprint density at radius 3 is 2.66 bits per heavy atom. The molecule has 0 saturated heterocycles. The summed E-state index contributed by atoms with van der Waals surface area (Å²) in [6.07, 6.45) is 3.12. The van der Waals surface area contributed by atoms with Crippen molar-refractivity contribution in [1.82, 2.24) is 39.8 Å². The molecule has 0 saturated carbocycles. The van der Waals surface area contributed by atoms with Crippen LogP contribution in [0.3, 0.4) is 0 Å². The third-order valence-corrected chi connectivity index (χ3v) is 5.40. The van der Waals surface area contributed by atoms with Crippen molar-refractivity contribution in [2.45, 2.75) is 20.0 Å². The van der Waals surface area contributed by atoms with Crippen LogP contribution in [0.5, 0.6) is 0 Å². The molecule has 4 aromatic heterocycles. The monoisotopic (exact) mass is 472 g/mol. The van der Waals surface area contributed by atoms with Crippen LogP contribution in [0.2, 0.25) is 0 Å². The van der Waals surface area contributed by atoms with Crippen LogP contribution in [0.15, 0.2) is 58.0 Å². The van der Waals surface area contributed by atoms with E-state index in [0.29, 0.717) is 28.3 Å². The number of benzene rings is 1. The first-order valence-corrected chi connectivity index (χ1v) is 10.7. The summed E-state index contributed by atoms with van der Waals surface area (Å²) in [7, 11) is 1.61. The number of nitrogens with one attached hydrogen (secondary N) is 2. The molecule has 1 aromatic carbocycles. The second-order valence-electron chi connectivity index (χ2n) is 7.82. The summed E-state index contributed by atoms with van der Waals surface area (Å²) in [5.41, 5.74) is 3.10. The minimum atomic E-state index is -0.463. The summed E-state index contributed by atoms with van der Waals surface area (Å²) in [6, 6.07) is 9.90. The van der Waals surface area contributed by atoms with Gasteiger partial charge in [0, 0.05) is 31.9 Å². The van der Waals surface area contributed by atoms with E-state index >= 15 is 0 Å². The molecular weight excluding hydrogens is 452 g/mol. The van der Waals surface area contributed by atoms with Gasteiger partial charge in [0.1, 0.15) is 17.2 Å². The van der Waals surface area contributed by atoms with E-state index in [1.54, 1.807) is 50.5 Å². The lowest BCUT2D eigenvalue weighted by Crippen LogP contribution is -2.28. The molecule has 0 atom stereocenters. The second kappa shape index (κ2) is 8.82. The van der Waals surface area contributed by atoms with E-state index in [2.05, 4.69) is 30.7 Å². The highest BCUT2D eigenvalue weighted by molar-refractivity contribution is 5.98. The Bertz CT molecular complexity index is 1650. The summed E-state index contributed by atoms with van der Waals surface area (Å²) in [4.78, 5) is 50.1. The van der Waals surface area contributed by atoms with Crippen molar-refractivity contribution in [3.8, 4) is 0 Å². The smallest absolute Gasteiger partial charge is 0.408 e. The van der Waals surface area contributed by atoms with E-state index < -0.39 is 17.6 Å². The summed E-state index contributed by atoms with van der Waals surface area (Å²) >= 11 is 0. The fraction of sp³-hybridized carbons (Fsp3) is 0.174. The molecule has 0 aliphatic rings. The number of hydrogen-bond acceptors (Lipinski definition) is 8. The molecule has 0 radical (unpaired) electrons. The lowest BCUT2D eigenvalue weighted by molar-refractivity contribution is 0.0942. The maximum Gasteiger partial charge on any atom is 0.419 e. The number of carbonyl (C=O) groups excluding carboxylic acids is 2. The van der Waals surface area contributed by atoms with Crippen LogP contribution in [0.25, 0.3) is 16.7 Å². The molecule has 12 nitrogen and oxygen atoms in total. The Morgan fingerprint density at radius 1 is 1.00 bits per heavy atom. The van der Waals surface area contributed by atoms with Crippen molar-refractivity contribution in [1.29, 1.82) is 0 Å². The van der Waals surface area contributed by atoms with Gasteiger partial charge in [-0.1, -0.05) is 6.07 Å². The van der Waals surface area contributed by atoms with Crippen LogP contribution in [-0.4, -0.2) is 40.9 Å². The second-order valence-corrected chi connectivity index (χ2v) is 7.82. The number of carbonyl (C=O) groups is 2. The van der Waals surface area contributed by atoms with Gasteiger partial charge in [0.05, 0.1) is 24.0 Å². The summed E-state index contributed by atoms with van der Waals surface area (Å²) in [6.45, 7) is 2.14. The van der Waals surface area contributed by atoms with Crippen molar-refractivity contribution in [2.24, 2.45) is 7.05 Å². The Kier molecular flexibility index (Phi) is 5.53. The van der Waals surface area contributed by atoms with Gasteiger partial charge in [0.25, 0.3) is 11.8 Å². The first-order chi connectivity index (χ1) is 16.9. The maximum absolute atomic E-state index is 12.9. The van der Waals surface area contributed by atoms with Gasteiger partial charge >= 0.3 is 5.76 Å². The molecule has 0 fully saturated rings. The first-order valence-electron chi connectivity index (χ1n) is 10.7. The number of amides is 2. The van der Waals surface area contributed by atoms with Crippen molar-refractivity contribution in [2.75, 3.05) is 0 Å². The zero-order chi connectivity index (χ0) is 24.5. The largest absolute Gasteiger partial charge is 0.419 e. The van der Waals surface area contributed by atoms with Crippen LogP contribution in [0.1, 0.15) is 38.1 Å². The molecule has 35 heavy (non-hydrogen) atoms. The average Bonchev–Trinajstić information content (AvgIpc) is 3.44. The fourth-order valence-electron chi connectivity index (χ4n) is 3.61. The van der Waals surface area contributed by atoms with E-state index in [0.717, 1.165) is 5.56 Å². The standard InChI is InChI=1S/C23H20N8O4/c1-13-24-7-5-15(28-13)12-26-22(33)18-10-16(29-20-6-8-27-31(18)20)21(32)25-11-14-3-4-19-17(9-14)30(2)23(34)35-19/h3-10H,11-12H2,1-2H3,(H,25,32)(H,26,33). The third kappa shape index (κ3) is 4.36. The average molecular weight is 472 g/mol. The Hall–Kier alpha value is -4.87. The summed E-state index contributed by atoms with van der Waals surface area (Å²) < 4.78 is 7.89. The molecule has 4 heterocycles. The minimum absolute atomic E-state index is 0.0674. The van der Waals surface area contributed by atoms with E-state index in [4.69, 9.17) is 4.42 Å². The van der Waals surface area contributed by atoms with Gasteiger partial charge in [-0.05, 0) is 30.7 Å².